The molecule has 0 aliphatic carbocycles. The number of likely N-dealkylation sites (tertiary alicyclic amines) is 1. The molecule has 0 saturated carbocycles. The Morgan fingerprint density at radius 2 is 1.73 bits per heavy atom. The normalized spacial score (nSPS) is 18.5. The van der Waals surface area contributed by atoms with E-state index in [0.717, 1.165) is 47.4 Å². The molecular weight excluding hydrogens is 374 g/mol. The highest BCUT2D eigenvalue weighted by Gasteiger charge is 2.27. The molecule has 0 radical (unpaired) electrons. The second-order valence-corrected chi connectivity index (χ2v) is 8.17. The maximum atomic E-state index is 5.80. The lowest BCUT2D eigenvalue weighted by Gasteiger charge is -2.26. The lowest BCUT2D eigenvalue weighted by molar-refractivity contribution is 0.170. The molecule has 1 atom stereocenters. The Morgan fingerprint density at radius 3 is 2.53 bits per heavy atom. The highest BCUT2D eigenvalue weighted by atomic mass is 16.6. The molecule has 1 saturated heterocycles. The zero-order chi connectivity index (χ0) is 20.5. The molecule has 2 aliphatic rings. The summed E-state index contributed by atoms with van der Waals surface area (Å²) in [5.41, 5.74) is 5.77. The Morgan fingerprint density at radius 1 is 0.933 bits per heavy atom. The first-order valence-electron chi connectivity index (χ1n) is 10.7. The van der Waals surface area contributed by atoms with Crippen LogP contribution in [0.1, 0.15) is 41.5 Å². The number of fused-ring (bicyclic) bond motifs is 1. The third kappa shape index (κ3) is 3.90. The predicted octanol–water partition coefficient (Wildman–Crippen LogP) is 4.87. The van der Waals surface area contributed by atoms with Crippen LogP contribution in [0.15, 0.2) is 48.5 Å². The first-order chi connectivity index (χ1) is 14.7. The largest absolute Gasteiger partial charge is 0.486 e. The molecule has 0 unspecified atom stereocenters. The summed E-state index contributed by atoms with van der Waals surface area (Å²) >= 11 is 0. The van der Waals surface area contributed by atoms with E-state index in [4.69, 9.17) is 9.47 Å². The van der Waals surface area contributed by atoms with Crippen LogP contribution in [0.5, 0.6) is 11.5 Å². The van der Waals surface area contributed by atoms with Crippen molar-refractivity contribution >= 4 is 0 Å². The van der Waals surface area contributed by atoms with Gasteiger partial charge in [0.25, 0.3) is 0 Å². The fourth-order valence-corrected chi connectivity index (χ4v) is 4.54. The van der Waals surface area contributed by atoms with Crippen LogP contribution in [-0.4, -0.2) is 34.6 Å². The molecule has 2 aliphatic heterocycles. The zero-order valence-electron chi connectivity index (χ0n) is 17.6. The van der Waals surface area contributed by atoms with Crippen molar-refractivity contribution in [1.82, 2.24) is 14.9 Å². The van der Waals surface area contributed by atoms with Crippen LogP contribution >= 0.6 is 0 Å². The van der Waals surface area contributed by atoms with Gasteiger partial charge >= 0.3 is 0 Å². The molecule has 3 heterocycles. The molecule has 154 valence electrons. The molecule has 0 amide bonds. The minimum Gasteiger partial charge on any atom is -0.486 e. The monoisotopic (exact) mass is 401 g/mol. The number of aryl methyl sites for hydroxylation is 2. The minimum atomic E-state index is 0.424. The number of rotatable bonds is 4. The maximum absolute atomic E-state index is 5.80. The molecule has 0 bridgehead atoms. The van der Waals surface area contributed by atoms with Gasteiger partial charge in [-0.15, -0.1) is 0 Å². The first kappa shape index (κ1) is 19.1. The maximum Gasteiger partial charge on any atom is 0.161 e. The van der Waals surface area contributed by atoms with Gasteiger partial charge in [0.15, 0.2) is 11.5 Å². The summed E-state index contributed by atoms with van der Waals surface area (Å²) in [7, 11) is 0. The number of hydrogen-bond acceptors (Lipinski definition) is 5. The van der Waals surface area contributed by atoms with Crippen LogP contribution in [0.3, 0.4) is 0 Å². The number of nitrogens with zero attached hydrogens (tertiary/aromatic N) is 3. The van der Waals surface area contributed by atoms with E-state index in [1.54, 1.807) is 0 Å². The highest BCUT2D eigenvalue weighted by molar-refractivity contribution is 5.59. The van der Waals surface area contributed by atoms with Crippen molar-refractivity contribution in [3.63, 3.8) is 0 Å². The third-order valence-corrected chi connectivity index (χ3v) is 5.92. The smallest absolute Gasteiger partial charge is 0.161 e. The molecule has 30 heavy (non-hydrogen) atoms. The highest BCUT2D eigenvalue weighted by Crippen LogP contribution is 2.38. The lowest BCUT2D eigenvalue weighted by atomic mass is 10.0. The summed E-state index contributed by atoms with van der Waals surface area (Å²) in [5.74, 6) is 2.55. The van der Waals surface area contributed by atoms with Crippen LogP contribution in [0, 0.1) is 13.8 Å². The van der Waals surface area contributed by atoms with E-state index in [9.17, 15) is 0 Å². The first-order valence-corrected chi connectivity index (χ1v) is 10.7. The zero-order valence-corrected chi connectivity index (χ0v) is 17.6. The average Bonchev–Trinajstić information content (AvgIpc) is 3.21. The molecular formula is C25H27N3O2. The Bertz CT molecular complexity index is 1030. The molecule has 5 rings (SSSR count). The number of hydrogen-bond donors (Lipinski definition) is 0. The van der Waals surface area contributed by atoms with Gasteiger partial charge in [-0.3, -0.25) is 4.90 Å². The van der Waals surface area contributed by atoms with E-state index in [1.807, 2.05) is 19.9 Å². The second-order valence-electron chi connectivity index (χ2n) is 8.17. The summed E-state index contributed by atoms with van der Waals surface area (Å²) in [6.07, 6.45) is 2.40. The van der Waals surface area contributed by atoms with Crippen molar-refractivity contribution in [3.8, 4) is 22.8 Å². The Balaban J connectivity index is 1.32. The van der Waals surface area contributed by atoms with Crippen molar-refractivity contribution in [2.75, 3.05) is 19.8 Å². The Hall–Kier alpha value is -2.92. The fraction of sp³-hybridized carbons (Fsp3) is 0.360. The van der Waals surface area contributed by atoms with Gasteiger partial charge in [-0.05, 0) is 62.6 Å². The van der Waals surface area contributed by atoms with E-state index in [-0.39, 0.29) is 0 Å². The second kappa shape index (κ2) is 8.07. The SMILES string of the molecule is Cc1cc(-c2ccc(CN3CCC[C@H]3c3ccc4c(c3)OCCO4)cc2)nc(C)n1. The number of ether oxygens (including phenoxy) is 2. The standard InChI is InChI=1S/C25H27N3O2/c1-17-14-22(27-18(2)26-17)20-7-5-19(6-8-20)16-28-11-3-4-23(28)21-9-10-24-25(15-21)30-13-12-29-24/h5-10,14-15,23H,3-4,11-13,16H2,1-2H3/t23-/m0/s1. The molecule has 1 fully saturated rings. The van der Waals surface area contributed by atoms with E-state index >= 15 is 0 Å². The Labute approximate surface area is 177 Å². The summed E-state index contributed by atoms with van der Waals surface area (Å²) in [5, 5.41) is 0. The predicted molar refractivity (Wildman–Crippen MR) is 117 cm³/mol. The molecule has 5 heteroatoms. The minimum absolute atomic E-state index is 0.424. The Kier molecular flexibility index (Phi) is 5.13. The third-order valence-electron chi connectivity index (χ3n) is 5.92. The van der Waals surface area contributed by atoms with Crippen LogP contribution in [-0.2, 0) is 6.54 Å². The van der Waals surface area contributed by atoms with E-state index in [1.165, 1.54) is 24.0 Å². The van der Waals surface area contributed by atoms with Crippen LogP contribution in [0.25, 0.3) is 11.3 Å². The molecule has 5 nitrogen and oxygen atoms in total. The fourth-order valence-electron chi connectivity index (χ4n) is 4.54. The van der Waals surface area contributed by atoms with Gasteiger partial charge in [-0.25, -0.2) is 9.97 Å². The van der Waals surface area contributed by atoms with Crippen LogP contribution in [0.4, 0.5) is 0 Å². The van der Waals surface area contributed by atoms with Crippen molar-refractivity contribution in [2.45, 2.75) is 39.3 Å². The summed E-state index contributed by atoms with van der Waals surface area (Å²) < 4.78 is 11.5. The average molecular weight is 402 g/mol. The van der Waals surface area contributed by atoms with Gasteiger partial charge in [0.1, 0.15) is 19.0 Å². The van der Waals surface area contributed by atoms with E-state index in [2.05, 4.69) is 57.3 Å². The van der Waals surface area contributed by atoms with Gasteiger partial charge < -0.3 is 9.47 Å². The van der Waals surface area contributed by atoms with E-state index in [0.29, 0.717) is 19.3 Å². The van der Waals surface area contributed by atoms with Gasteiger partial charge in [0.05, 0.1) is 5.69 Å². The van der Waals surface area contributed by atoms with Crippen molar-refractivity contribution in [1.29, 1.82) is 0 Å². The summed E-state index contributed by atoms with van der Waals surface area (Å²) in [4.78, 5) is 11.5. The topological polar surface area (TPSA) is 47.5 Å². The van der Waals surface area contributed by atoms with Crippen LogP contribution in [0.2, 0.25) is 0 Å². The van der Waals surface area contributed by atoms with Crippen molar-refractivity contribution in [3.05, 3.63) is 71.2 Å². The van der Waals surface area contributed by atoms with Gasteiger partial charge in [0, 0.05) is 23.8 Å². The van der Waals surface area contributed by atoms with Crippen LogP contribution < -0.4 is 9.47 Å². The van der Waals surface area contributed by atoms with Gasteiger partial charge in [0.2, 0.25) is 0 Å². The number of benzene rings is 2. The van der Waals surface area contributed by atoms with Gasteiger partial charge in [-0.2, -0.15) is 0 Å². The molecule has 3 aromatic rings. The molecule has 0 spiro atoms. The van der Waals surface area contributed by atoms with Crippen molar-refractivity contribution in [2.24, 2.45) is 0 Å². The number of aromatic nitrogens is 2. The molecule has 1 aromatic heterocycles. The van der Waals surface area contributed by atoms with E-state index < -0.39 is 0 Å². The summed E-state index contributed by atoms with van der Waals surface area (Å²) in [6.45, 7) is 7.27. The molecule has 0 N–H and O–H groups in total. The quantitative estimate of drug-likeness (QED) is 0.624. The summed E-state index contributed by atoms with van der Waals surface area (Å²) in [6, 6.07) is 17.7. The van der Waals surface area contributed by atoms with Crippen molar-refractivity contribution < 1.29 is 9.47 Å². The molecule has 2 aromatic carbocycles. The lowest BCUT2D eigenvalue weighted by Crippen LogP contribution is -2.23. The van der Waals surface area contributed by atoms with Gasteiger partial charge in [-0.1, -0.05) is 30.3 Å².